The van der Waals surface area contributed by atoms with Crippen molar-refractivity contribution >= 4 is 57.4 Å². The van der Waals surface area contributed by atoms with Crippen LogP contribution in [0.2, 0.25) is 15.7 Å². The summed E-state index contributed by atoms with van der Waals surface area (Å²) in [6.45, 7) is 0. The van der Waals surface area contributed by atoms with E-state index in [2.05, 4.69) is 32.1 Å². The molecular weight excluding hydrogens is 639 g/mol. The summed E-state index contributed by atoms with van der Waals surface area (Å²) < 4.78 is 19.0. The molecule has 44 heavy (non-hydrogen) atoms. The van der Waals surface area contributed by atoms with E-state index in [1.54, 1.807) is 22.9 Å². The molecule has 0 radical (unpaired) electrons. The number of carbonyl (C=O) groups excluding carboxylic acids is 1. The number of alkyl halides is 1. The standard InChI is InChI=1S/C14H11ClN4O.C11H11NO.C4H2Cl2N2.CH3F.Na.H/c15-13-16-8-7-12(17-13)19-11-4-2-1-3-10(11)18(14(19)20)9-5-6-9;13-11-7-8-3-1-2-4-10(8)12(11)9-5-6-9;5-3-1-2-7-4(6)8-3;1-2;;/h1-4,7-9H,5-6H2;1-4,9H,5-7H2;1-2H;1H3;;/q;;;;+1;-1/i;;;1D;;. The number of halogens is 4. The quantitative estimate of drug-likeness (QED) is 0.165. The van der Waals surface area contributed by atoms with Crippen LogP contribution in [0.15, 0.2) is 77.9 Å². The van der Waals surface area contributed by atoms with Crippen LogP contribution in [0.4, 0.5) is 10.1 Å². The maximum absolute atomic E-state index is 12.7. The summed E-state index contributed by atoms with van der Waals surface area (Å²) in [4.78, 5) is 41.5. The number of amides is 1. The van der Waals surface area contributed by atoms with Crippen molar-refractivity contribution in [3.63, 3.8) is 0 Å². The average Bonchev–Trinajstić information content (AvgIpc) is 3.94. The number of nitrogens with zero attached hydrogens (tertiary/aromatic N) is 7. The fourth-order valence-corrected chi connectivity index (χ4v) is 5.32. The Bertz CT molecular complexity index is 1820. The molecule has 5 aromatic rings. The number of para-hydroxylation sites is 3. The summed E-state index contributed by atoms with van der Waals surface area (Å²) in [6, 6.07) is 19.9. The molecule has 1 amide bonds. The Labute approximate surface area is 293 Å². The van der Waals surface area contributed by atoms with Gasteiger partial charge in [-0.3, -0.25) is 13.8 Å². The van der Waals surface area contributed by atoms with Crippen molar-refractivity contribution in [2.24, 2.45) is 0 Å². The maximum Gasteiger partial charge on any atom is 1.00 e. The number of carbonyl (C=O) groups is 1. The van der Waals surface area contributed by atoms with Crippen LogP contribution >= 0.6 is 34.8 Å². The second-order valence-electron chi connectivity index (χ2n) is 9.84. The topological polar surface area (TPSA) is 98.8 Å². The minimum atomic E-state index is -1.00. The van der Waals surface area contributed by atoms with Crippen molar-refractivity contribution in [2.45, 2.75) is 44.2 Å². The van der Waals surface area contributed by atoms with E-state index >= 15 is 0 Å². The summed E-state index contributed by atoms with van der Waals surface area (Å²) in [5, 5.41) is 0.681. The first-order valence-corrected chi connectivity index (χ1v) is 14.6. The molecule has 8 rings (SSSR count). The van der Waals surface area contributed by atoms with E-state index in [0.29, 0.717) is 29.5 Å². The van der Waals surface area contributed by atoms with E-state index in [1.165, 1.54) is 24.6 Å². The molecule has 1 aliphatic heterocycles. The molecule has 2 saturated carbocycles. The van der Waals surface area contributed by atoms with Gasteiger partial charge in [-0.15, -0.1) is 0 Å². The average molecular weight is 668 g/mol. The molecule has 2 aliphatic carbocycles. The maximum atomic E-state index is 12.7. The van der Waals surface area contributed by atoms with Crippen molar-refractivity contribution < 1.29 is 41.5 Å². The van der Waals surface area contributed by atoms with Crippen molar-refractivity contribution in [2.75, 3.05) is 12.1 Å². The van der Waals surface area contributed by atoms with Gasteiger partial charge in [-0.05, 0) is 78.7 Å². The molecule has 0 bridgehead atoms. The van der Waals surface area contributed by atoms with Gasteiger partial charge in [0.15, 0.2) is 0 Å². The number of anilines is 1. The second kappa shape index (κ2) is 15.4. The van der Waals surface area contributed by atoms with E-state index in [1.807, 2.05) is 45.9 Å². The van der Waals surface area contributed by atoms with Gasteiger partial charge >= 0.3 is 35.2 Å². The number of rotatable bonds is 3. The van der Waals surface area contributed by atoms with Gasteiger partial charge in [0.05, 0.1) is 26.0 Å². The van der Waals surface area contributed by atoms with Crippen molar-refractivity contribution in [1.29, 1.82) is 0 Å². The van der Waals surface area contributed by atoms with Crippen LogP contribution in [-0.2, 0) is 11.2 Å². The molecule has 0 unspecified atom stereocenters. The number of aromatic nitrogens is 6. The van der Waals surface area contributed by atoms with Gasteiger partial charge in [-0.2, -0.15) is 4.98 Å². The van der Waals surface area contributed by atoms with Gasteiger partial charge < -0.3 is 6.33 Å². The molecule has 0 spiro atoms. The zero-order chi connectivity index (χ0) is 31.2. The van der Waals surface area contributed by atoms with E-state index in [-0.39, 0.29) is 53.1 Å². The van der Waals surface area contributed by atoms with Crippen LogP contribution in [0.1, 0.15) is 40.1 Å². The summed E-state index contributed by atoms with van der Waals surface area (Å²) in [5.74, 6) is 0.786. The van der Waals surface area contributed by atoms with Gasteiger partial charge in [-0.1, -0.05) is 41.9 Å². The fraction of sp³-hybridized carbons (Fsp3) is 0.267. The number of imidazole rings is 1. The largest absolute Gasteiger partial charge is 1.00 e. The van der Waals surface area contributed by atoms with Crippen LogP contribution < -0.4 is 40.1 Å². The molecular formula is C30H28Cl3FN7NaO2. The third-order valence-electron chi connectivity index (χ3n) is 6.90. The molecule has 9 nitrogen and oxygen atoms in total. The third-order valence-corrected chi connectivity index (χ3v) is 7.47. The molecule has 224 valence electrons. The van der Waals surface area contributed by atoms with Crippen molar-refractivity contribution in [3.05, 3.63) is 105 Å². The number of fused-ring (bicyclic) bond motifs is 2. The number of benzene rings is 2. The number of hydrogen-bond acceptors (Lipinski definition) is 6. The molecule has 0 atom stereocenters. The van der Waals surface area contributed by atoms with Gasteiger partial charge in [0.1, 0.15) is 11.0 Å². The summed E-state index contributed by atoms with van der Waals surface area (Å²) >= 11 is 16.6. The first-order chi connectivity index (χ1) is 21.3. The van der Waals surface area contributed by atoms with Gasteiger partial charge in [0.25, 0.3) is 0 Å². The molecule has 2 aromatic carbocycles. The Balaban J connectivity index is 0.000000192. The smallest absolute Gasteiger partial charge is 1.00 e. The third kappa shape index (κ3) is 7.85. The van der Waals surface area contributed by atoms with Crippen LogP contribution in [0.3, 0.4) is 0 Å². The van der Waals surface area contributed by atoms with Crippen molar-refractivity contribution in [1.82, 2.24) is 29.1 Å². The van der Waals surface area contributed by atoms with Crippen LogP contribution in [0.25, 0.3) is 16.9 Å². The molecule has 14 heteroatoms. The SMILES string of the molecule is Clc1ccnc(Cl)n1.O=C1Cc2ccccc2N1C1CC1.O=c1n(-c2ccnc(Cl)n2)c2ccccc2n1C1CC1.[2H]CF.[H-].[Na+]. The molecule has 2 fully saturated rings. The predicted molar refractivity (Wildman–Crippen MR) is 167 cm³/mol. The minimum absolute atomic E-state index is 0. The van der Waals surface area contributed by atoms with E-state index < -0.39 is 7.15 Å². The zero-order valence-electron chi connectivity index (χ0n) is 25.8. The molecule has 0 N–H and O–H groups in total. The normalized spacial score (nSPS) is 15.0. The zero-order valence-corrected chi connectivity index (χ0v) is 28.1. The van der Waals surface area contributed by atoms with Gasteiger partial charge in [0.2, 0.25) is 16.5 Å². The van der Waals surface area contributed by atoms with Crippen LogP contribution in [0, 0.1) is 0 Å². The van der Waals surface area contributed by atoms with Gasteiger partial charge in [0, 0.05) is 36.2 Å². The second-order valence-corrected chi connectivity index (χ2v) is 10.9. The monoisotopic (exact) mass is 666 g/mol. The Morgan fingerprint density at radius 2 is 1.43 bits per heavy atom. The fourth-order valence-electron chi connectivity index (χ4n) is 4.85. The van der Waals surface area contributed by atoms with E-state index in [4.69, 9.17) is 36.2 Å². The first kappa shape index (κ1) is 32.5. The number of hydrogen-bond donors (Lipinski definition) is 0. The van der Waals surface area contributed by atoms with Crippen molar-refractivity contribution in [3.8, 4) is 5.82 Å². The Hall–Kier alpha value is -2.86. The molecule has 3 aliphatic rings. The minimum Gasteiger partial charge on any atom is -1.00 e. The summed E-state index contributed by atoms with van der Waals surface area (Å²) in [5.41, 5.74) is 4.06. The predicted octanol–water partition coefficient (Wildman–Crippen LogP) is 3.79. The molecule has 4 heterocycles. The van der Waals surface area contributed by atoms with Crippen LogP contribution in [0.5, 0.6) is 0 Å². The van der Waals surface area contributed by atoms with E-state index in [9.17, 15) is 14.0 Å². The first-order valence-electron chi connectivity index (χ1n) is 14.1. The molecule has 0 saturated heterocycles. The van der Waals surface area contributed by atoms with E-state index in [0.717, 1.165) is 29.6 Å². The Morgan fingerprint density at radius 1 is 0.841 bits per heavy atom. The molecule has 3 aromatic heterocycles. The van der Waals surface area contributed by atoms with Gasteiger partial charge in [-0.25, -0.2) is 24.3 Å². The summed E-state index contributed by atoms with van der Waals surface area (Å²) in [7, 11) is -1.00. The summed E-state index contributed by atoms with van der Waals surface area (Å²) in [6.07, 6.45) is 8.13. The Morgan fingerprint density at radius 3 is 2.02 bits per heavy atom. The van der Waals surface area contributed by atoms with Crippen LogP contribution in [-0.4, -0.2) is 48.2 Å². The Kier molecular flexibility index (Phi) is 11.4.